The molecule has 1 unspecified atom stereocenters. The molecular weight excluding hydrogens is 456 g/mol. The van der Waals surface area contributed by atoms with Crippen molar-refractivity contribution in [3.05, 3.63) is 45.8 Å². The first-order chi connectivity index (χ1) is 16.0. The zero-order valence-electron chi connectivity index (χ0n) is 19.3. The van der Waals surface area contributed by atoms with Gasteiger partial charge in [0.15, 0.2) is 0 Å². The summed E-state index contributed by atoms with van der Waals surface area (Å²) in [5.74, 6) is 0.192. The van der Waals surface area contributed by atoms with Crippen LogP contribution < -0.4 is 10.1 Å². The van der Waals surface area contributed by atoms with Crippen LogP contribution in [0.5, 0.6) is 5.75 Å². The number of thiophene rings is 1. The van der Waals surface area contributed by atoms with E-state index in [9.17, 15) is 9.59 Å². The molecule has 4 rings (SSSR count). The molecule has 2 aromatic heterocycles. The van der Waals surface area contributed by atoms with Crippen LogP contribution in [0.2, 0.25) is 0 Å². The first-order valence-corrected chi connectivity index (χ1v) is 12.8. The number of nitrogens with zero attached hydrogens (tertiary/aromatic N) is 1. The highest BCUT2D eigenvalue weighted by atomic mass is 32.2. The van der Waals surface area contributed by atoms with E-state index >= 15 is 0 Å². The summed E-state index contributed by atoms with van der Waals surface area (Å²) in [5.41, 5.74) is 3.43. The summed E-state index contributed by atoms with van der Waals surface area (Å²) >= 11 is 2.93. The van der Waals surface area contributed by atoms with Crippen molar-refractivity contribution in [1.82, 2.24) is 4.98 Å². The highest BCUT2D eigenvalue weighted by molar-refractivity contribution is 8.00. The van der Waals surface area contributed by atoms with Crippen molar-refractivity contribution < 1.29 is 19.1 Å². The molecule has 0 bridgehead atoms. The van der Waals surface area contributed by atoms with Crippen LogP contribution in [0.15, 0.2) is 29.3 Å². The number of pyridine rings is 1. The predicted molar refractivity (Wildman–Crippen MR) is 134 cm³/mol. The van der Waals surface area contributed by atoms with Crippen molar-refractivity contribution in [2.45, 2.75) is 56.2 Å². The molecule has 0 radical (unpaired) electrons. The summed E-state index contributed by atoms with van der Waals surface area (Å²) < 4.78 is 10.5. The standard InChI is InChI=1S/C25H28N2O4S2/c1-5-18(32-20-13-14(2)15-10-8-11-17(30-3)22(15)26-20)23(28)27-24-21(25(29)31-4)16-9-6-7-12-19(16)33-24/h8,10-11,13,18H,5-7,9,12H2,1-4H3,(H,27,28). The largest absolute Gasteiger partial charge is 0.494 e. The third-order valence-corrected chi connectivity index (χ3v) is 8.42. The number of anilines is 1. The maximum atomic E-state index is 13.3. The van der Waals surface area contributed by atoms with Crippen LogP contribution in [0.25, 0.3) is 10.9 Å². The van der Waals surface area contributed by atoms with Crippen LogP contribution in [0.3, 0.4) is 0 Å². The van der Waals surface area contributed by atoms with Gasteiger partial charge in [0.2, 0.25) is 5.91 Å². The Bertz CT molecular complexity index is 1200. The summed E-state index contributed by atoms with van der Waals surface area (Å²) in [5, 5.41) is 5.08. The number of hydrogen-bond acceptors (Lipinski definition) is 7. The number of ether oxygens (including phenoxy) is 2. The lowest BCUT2D eigenvalue weighted by Gasteiger charge is -2.16. The Morgan fingerprint density at radius 2 is 2.03 bits per heavy atom. The van der Waals surface area contributed by atoms with Gasteiger partial charge in [-0.25, -0.2) is 9.78 Å². The number of nitrogens with one attached hydrogen (secondary N) is 1. The van der Waals surface area contributed by atoms with Gasteiger partial charge >= 0.3 is 5.97 Å². The van der Waals surface area contributed by atoms with E-state index in [1.54, 1.807) is 7.11 Å². The average molecular weight is 485 g/mol. The molecule has 174 valence electrons. The molecule has 8 heteroatoms. The van der Waals surface area contributed by atoms with E-state index < -0.39 is 0 Å². The molecule has 1 atom stereocenters. The van der Waals surface area contributed by atoms with Gasteiger partial charge in [-0.1, -0.05) is 30.8 Å². The van der Waals surface area contributed by atoms with Gasteiger partial charge in [0.05, 0.1) is 30.1 Å². The van der Waals surface area contributed by atoms with Crippen LogP contribution in [-0.2, 0) is 22.4 Å². The van der Waals surface area contributed by atoms with Crippen LogP contribution in [0.4, 0.5) is 5.00 Å². The normalized spacial score (nSPS) is 13.9. The molecule has 0 fully saturated rings. The van der Waals surface area contributed by atoms with E-state index in [1.165, 1.54) is 35.1 Å². The van der Waals surface area contributed by atoms with E-state index in [-0.39, 0.29) is 17.1 Å². The SMILES string of the molecule is CCC(Sc1cc(C)c2cccc(OC)c2n1)C(=O)Nc1sc2c(c1C(=O)OC)CCCC2. The number of amides is 1. The second kappa shape index (κ2) is 10.1. The number of carbonyl (C=O) groups is 2. The molecule has 1 aromatic carbocycles. The average Bonchev–Trinajstić information content (AvgIpc) is 3.19. The van der Waals surface area contributed by atoms with Gasteiger partial charge < -0.3 is 14.8 Å². The Balaban J connectivity index is 1.60. The number of carbonyl (C=O) groups excluding carboxylic acids is 2. The van der Waals surface area contributed by atoms with Gasteiger partial charge in [-0.2, -0.15) is 0 Å². The number of methoxy groups -OCH3 is 2. The quantitative estimate of drug-likeness (QED) is 0.338. The molecule has 1 aliphatic carbocycles. The molecule has 33 heavy (non-hydrogen) atoms. The number of aromatic nitrogens is 1. The van der Waals surface area contributed by atoms with Gasteiger partial charge in [-0.05, 0) is 62.3 Å². The van der Waals surface area contributed by atoms with Crippen molar-refractivity contribution in [3.8, 4) is 5.75 Å². The first kappa shape index (κ1) is 23.6. The predicted octanol–water partition coefficient (Wildman–Crippen LogP) is 5.79. The van der Waals surface area contributed by atoms with Crippen LogP contribution in [-0.4, -0.2) is 36.3 Å². The molecule has 2 heterocycles. The second-order valence-corrected chi connectivity index (χ2v) is 10.4. The number of hydrogen-bond donors (Lipinski definition) is 1. The Kier molecular flexibility index (Phi) is 7.24. The lowest BCUT2D eigenvalue weighted by Crippen LogP contribution is -2.25. The Morgan fingerprint density at radius 3 is 2.76 bits per heavy atom. The van der Waals surface area contributed by atoms with Gasteiger partial charge in [0.25, 0.3) is 0 Å². The maximum absolute atomic E-state index is 13.3. The second-order valence-electron chi connectivity index (χ2n) is 8.04. The number of benzene rings is 1. The minimum absolute atomic E-state index is 0.133. The van der Waals surface area contributed by atoms with E-state index in [0.29, 0.717) is 22.7 Å². The molecule has 6 nitrogen and oxygen atoms in total. The van der Waals surface area contributed by atoms with E-state index in [1.807, 2.05) is 38.1 Å². The summed E-state index contributed by atoms with van der Waals surface area (Å²) in [6, 6.07) is 7.86. The Labute approximate surface area is 202 Å². The van der Waals surface area contributed by atoms with Gasteiger partial charge in [-0.15, -0.1) is 11.3 Å². The van der Waals surface area contributed by atoms with E-state index in [2.05, 4.69) is 5.32 Å². The van der Waals surface area contributed by atoms with E-state index in [0.717, 1.165) is 52.7 Å². The summed E-state index contributed by atoms with van der Waals surface area (Å²) in [6.45, 7) is 4.01. The van der Waals surface area contributed by atoms with Crippen molar-refractivity contribution >= 4 is 50.9 Å². The molecule has 0 saturated carbocycles. The van der Waals surface area contributed by atoms with Gasteiger partial charge in [0.1, 0.15) is 16.3 Å². The van der Waals surface area contributed by atoms with Crippen molar-refractivity contribution in [2.75, 3.05) is 19.5 Å². The number of para-hydroxylation sites is 1. The zero-order valence-corrected chi connectivity index (χ0v) is 21.0. The van der Waals surface area contributed by atoms with Crippen LogP contribution in [0.1, 0.15) is 52.5 Å². The fraction of sp³-hybridized carbons (Fsp3) is 0.400. The molecule has 0 spiro atoms. The number of aryl methyl sites for hydroxylation is 2. The fourth-order valence-electron chi connectivity index (χ4n) is 4.22. The highest BCUT2D eigenvalue weighted by Gasteiger charge is 2.29. The maximum Gasteiger partial charge on any atom is 0.341 e. The fourth-order valence-corrected chi connectivity index (χ4v) is 6.51. The summed E-state index contributed by atoms with van der Waals surface area (Å²) in [4.78, 5) is 31.7. The third-order valence-electron chi connectivity index (χ3n) is 5.93. The lowest BCUT2D eigenvalue weighted by molar-refractivity contribution is -0.115. The van der Waals surface area contributed by atoms with Gasteiger partial charge in [0, 0.05) is 10.3 Å². The van der Waals surface area contributed by atoms with Crippen LogP contribution in [0, 0.1) is 6.92 Å². The minimum Gasteiger partial charge on any atom is -0.494 e. The first-order valence-electron chi connectivity index (χ1n) is 11.1. The summed E-state index contributed by atoms with van der Waals surface area (Å²) in [6.07, 6.45) is 4.56. The molecule has 1 N–H and O–H groups in total. The highest BCUT2D eigenvalue weighted by Crippen LogP contribution is 2.39. The number of esters is 1. The number of thioether (sulfide) groups is 1. The van der Waals surface area contributed by atoms with E-state index in [4.69, 9.17) is 14.5 Å². The molecule has 0 aliphatic heterocycles. The van der Waals surface area contributed by atoms with Gasteiger partial charge in [-0.3, -0.25) is 4.79 Å². The van der Waals surface area contributed by atoms with Crippen molar-refractivity contribution in [1.29, 1.82) is 0 Å². The topological polar surface area (TPSA) is 77.5 Å². The lowest BCUT2D eigenvalue weighted by atomic mass is 9.95. The molecule has 3 aromatic rings. The third kappa shape index (κ3) is 4.73. The summed E-state index contributed by atoms with van der Waals surface area (Å²) in [7, 11) is 3.01. The van der Waals surface area contributed by atoms with Crippen molar-refractivity contribution in [3.63, 3.8) is 0 Å². The zero-order chi connectivity index (χ0) is 23.5. The monoisotopic (exact) mass is 484 g/mol. The number of fused-ring (bicyclic) bond motifs is 2. The smallest absolute Gasteiger partial charge is 0.341 e. The minimum atomic E-state index is -0.385. The molecular formula is C25H28N2O4S2. The molecule has 1 amide bonds. The number of rotatable bonds is 7. The van der Waals surface area contributed by atoms with Crippen molar-refractivity contribution in [2.24, 2.45) is 0 Å². The van der Waals surface area contributed by atoms with Crippen LogP contribution >= 0.6 is 23.1 Å². The molecule has 1 aliphatic rings. The Morgan fingerprint density at radius 1 is 1.24 bits per heavy atom. The molecule has 0 saturated heterocycles. The Hall–Kier alpha value is -2.58.